The van der Waals surface area contributed by atoms with Gasteiger partial charge in [-0.1, -0.05) is 18.2 Å². The van der Waals surface area contributed by atoms with E-state index < -0.39 is 29.0 Å². The van der Waals surface area contributed by atoms with Crippen molar-refractivity contribution >= 4 is 17.1 Å². The van der Waals surface area contributed by atoms with Crippen LogP contribution in [0.3, 0.4) is 0 Å². The predicted molar refractivity (Wildman–Crippen MR) is 82.3 cm³/mol. The van der Waals surface area contributed by atoms with Crippen molar-refractivity contribution in [3.05, 3.63) is 76.1 Å². The van der Waals surface area contributed by atoms with Crippen LogP contribution in [0.15, 0.2) is 53.5 Å². The van der Waals surface area contributed by atoms with Gasteiger partial charge in [0, 0.05) is 6.54 Å². The topological polar surface area (TPSA) is 68.5 Å². The van der Waals surface area contributed by atoms with E-state index in [-0.39, 0.29) is 17.4 Å². The Balaban J connectivity index is 2.20. The number of fused-ring (bicyclic) bond motifs is 1. The molecule has 0 aliphatic heterocycles. The van der Waals surface area contributed by atoms with Gasteiger partial charge in [-0.25, -0.2) is 13.6 Å². The third-order valence-corrected chi connectivity index (χ3v) is 3.49. The van der Waals surface area contributed by atoms with E-state index in [1.54, 1.807) is 0 Å². The molecule has 0 bridgehead atoms. The molecule has 0 atom stereocenters. The predicted octanol–water partition coefficient (Wildman–Crippen LogP) is 3.38. The van der Waals surface area contributed by atoms with Gasteiger partial charge in [0.25, 0.3) is 0 Å². The van der Waals surface area contributed by atoms with Crippen molar-refractivity contribution in [1.82, 2.24) is 4.57 Å². The summed E-state index contributed by atoms with van der Waals surface area (Å²) in [5.74, 6) is -1.67. The summed E-state index contributed by atoms with van der Waals surface area (Å²) in [7, 11) is 0. The van der Waals surface area contributed by atoms with Gasteiger partial charge >= 0.3 is 6.16 Å². The van der Waals surface area contributed by atoms with Crippen LogP contribution >= 0.6 is 0 Å². The first kappa shape index (κ1) is 15.7. The lowest BCUT2D eigenvalue weighted by molar-refractivity contribution is 0.144. The van der Waals surface area contributed by atoms with E-state index in [9.17, 15) is 18.4 Å². The Morgan fingerprint density at radius 2 is 1.83 bits per heavy atom. The number of rotatable bonds is 3. The SMILES string of the molecule is O=C(O)Oc1cn(Cc2ccc(F)cc2)c2cccc(F)c2c1=O. The number of hydrogen-bond acceptors (Lipinski definition) is 3. The van der Waals surface area contributed by atoms with Gasteiger partial charge in [0.05, 0.1) is 17.1 Å². The average molecular weight is 331 g/mol. The summed E-state index contributed by atoms with van der Waals surface area (Å²) in [5.41, 5.74) is 0.120. The second kappa shape index (κ2) is 6.11. The maximum absolute atomic E-state index is 14.1. The molecule has 1 aromatic heterocycles. The highest BCUT2D eigenvalue weighted by atomic mass is 19.1. The molecule has 0 fully saturated rings. The second-order valence-electron chi connectivity index (χ2n) is 5.08. The summed E-state index contributed by atoms with van der Waals surface area (Å²) in [5, 5.41) is 8.47. The zero-order valence-electron chi connectivity index (χ0n) is 12.2. The Morgan fingerprint density at radius 3 is 2.50 bits per heavy atom. The van der Waals surface area contributed by atoms with Gasteiger partial charge in [0.2, 0.25) is 5.43 Å². The summed E-state index contributed by atoms with van der Waals surface area (Å²) in [4.78, 5) is 23.0. The molecule has 0 spiro atoms. The maximum atomic E-state index is 14.1. The molecule has 7 heteroatoms. The van der Waals surface area contributed by atoms with Crippen molar-refractivity contribution in [2.24, 2.45) is 0 Å². The molecule has 0 aliphatic rings. The van der Waals surface area contributed by atoms with Gasteiger partial charge in [0.15, 0.2) is 5.75 Å². The number of hydrogen-bond donors (Lipinski definition) is 1. The number of ether oxygens (including phenoxy) is 1. The highest BCUT2D eigenvalue weighted by molar-refractivity contribution is 5.81. The van der Waals surface area contributed by atoms with Crippen LogP contribution in [0.5, 0.6) is 5.75 Å². The first-order valence-corrected chi connectivity index (χ1v) is 6.92. The molecular weight excluding hydrogens is 320 g/mol. The van der Waals surface area contributed by atoms with Gasteiger partial charge in [-0.2, -0.15) is 0 Å². The van der Waals surface area contributed by atoms with E-state index in [0.29, 0.717) is 5.56 Å². The number of aromatic nitrogens is 1. The van der Waals surface area contributed by atoms with Crippen LogP contribution in [0.1, 0.15) is 5.56 Å². The molecule has 1 heterocycles. The summed E-state index contributed by atoms with van der Waals surface area (Å²) in [6, 6.07) is 9.71. The van der Waals surface area contributed by atoms with Crippen LogP contribution in [0.4, 0.5) is 13.6 Å². The van der Waals surface area contributed by atoms with Gasteiger partial charge in [-0.3, -0.25) is 4.79 Å². The van der Waals surface area contributed by atoms with Gasteiger partial charge in [0.1, 0.15) is 11.6 Å². The smallest absolute Gasteiger partial charge is 0.449 e. The standard InChI is InChI=1S/C17H11F2NO4/c18-11-6-4-10(5-7-11)8-20-9-14(24-17(22)23)16(21)15-12(19)2-1-3-13(15)20/h1-7,9H,8H2,(H,22,23). The number of carbonyl (C=O) groups is 1. The van der Waals surface area contributed by atoms with Gasteiger partial charge in [-0.05, 0) is 29.8 Å². The van der Waals surface area contributed by atoms with E-state index in [2.05, 4.69) is 4.74 Å². The lowest BCUT2D eigenvalue weighted by Gasteiger charge is -2.13. The Labute approximate surface area is 134 Å². The molecule has 0 saturated heterocycles. The normalized spacial score (nSPS) is 10.8. The highest BCUT2D eigenvalue weighted by Crippen LogP contribution is 2.20. The van der Waals surface area contributed by atoms with Crippen LogP contribution in [-0.2, 0) is 6.54 Å². The van der Waals surface area contributed by atoms with Crippen molar-refractivity contribution in [1.29, 1.82) is 0 Å². The molecule has 0 amide bonds. The summed E-state index contributed by atoms with van der Waals surface area (Å²) in [6.45, 7) is 0.177. The molecule has 5 nitrogen and oxygen atoms in total. The Bertz CT molecular complexity index is 980. The number of pyridine rings is 1. The molecular formula is C17H11F2NO4. The molecule has 0 saturated carbocycles. The van der Waals surface area contributed by atoms with E-state index in [4.69, 9.17) is 5.11 Å². The summed E-state index contributed by atoms with van der Waals surface area (Å²) < 4.78 is 33.0. The first-order chi connectivity index (χ1) is 11.5. The molecule has 24 heavy (non-hydrogen) atoms. The number of benzene rings is 2. The second-order valence-corrected chi connectivity index (χ2v) is 5.08. The summed E-state index contributed by atoms with van der Waals surface area (Å²) in [6.07, 6.45) is -0.474. The molecule has 122 valence electrons. The minimum Gasteiger partial charge on any atom is -0.449 e. The zero-order valence-corrected chi connectivity index (χ0v) is 12.2. The van der Waals surface area contributed by atoms with Crippen molar-refractivity contribution in [2.45, 2.75) is 6.54 Å². The third-order valence-electron chi connectivity index (χ3n) is 3.49. The fourth-order valence-corrected chi connectivity index (χ4v) is 2.45. The first-order valence-electron chi connectivity index (χ1n) is 6.92. The monoisotopic (exact) mass is 331 g/mol. The molecule has 1 N–H and O–H groups in total. The largest absolute Gasteiger partial charge is 0.511 e. The minimum atomic E-state index is -1.67. The van der Waals surface area contributed by atoms with Crippen LogP contribution in [0.2, 0.25) is 0 Å². The minimum absolute atomic E-state index is 0.177. The molecule has 0 radical (unpaired) electrons. The lowest BCUT2D eigenvalue weighted by atomic mass is 10.1. The Kier molecular flexibility index (Phi) is 3.99. The fraction of sp³-hybridized carbons (Fsp3) is 0.0588. The lowest BCUT2D eigenvalue weighted by Crippen LogP contribution is -2.17. The van der Waals surface area contributed by atoms with E-state index in [1.165, 1.54) is 47.2 Å². The quantitative estimate of drug-likeness (QED) is 0.747. The van der Waals surface area contributed by atoms with E-state index in [1.807, 2.05) is 0 Å². The Morgan fingerprint density at radius 1 is 1.12 bits per heavy atom. The summed E-state index contributed by atoms with van der Waals surface area (Å²) >= 11 is 0. The van der Waals surface area contributed by atoms with Crippen molar-refractivity contribution < 1.29 is 23.4 Å². The number of nitrogens with zero attached hydrogens (tertiary/aromatic N) is 1. The van der Waals surface area contributed by atoms with E-state index >= 15 is 0 Å². The highest BCUT2D eigenvalue weighted by Gasteiger charge is 2.16. The van der Waals surface area contributed by atoms with Crippen molar-refractivity contribution in [3.63, 3.8) is 0 Å². The molecule has 3 rings (SSSR count). The Hall–Kier alpha value is -3.22. The average Bonchev–Trinajstić information content (AvgIpc) is 2.53. The van der Waals surface area contributed by atoms with Gasteiger partial charge < -0.3 is 14.4 Å². The van der Waals surface area contributed by atoms with Gasteiger partial charge in [-0.15, -0.1) is 0 Å². The molecule has 2 aromatic carbocycles. The maximum Gasteiger partial charge on any atom is 0.511 e. The van der Waals surface area contributed by atoms with Crippen molar-refractivity contribution in [2.75, 3.05) is 0 Å². The zero-order chi connectivity index (χ0) is 17.3. The number of halogens is 2. The third kappa shape index (κ3) is 2.96. The van der Waals surface area contributed by atoms with Crippen molar-refractivity contribution in [3.8, 4) is 5.75 Å². The van der Waals surface area contributed by atoms with Crippen LogP contribution in [0, 0.1) is 11.6 Å². The fourth-order valence-electron chi connectivity index (χ4n) is 2.45. The molecule has 0 aliphatic carbocycles. The van der Waals surface area contributed by atoms with Crippen LogP contribution < -0.4 is 10.2 Å². The molecule has 3 aromatic rings. The van der Waals surface area contributed by atoms with Crippen LogP contribution in [0.25, 0.3) is 10.9 Å². The number of carboxylic acid groups (broad SMARTS) is 1. The van der Waals surface area contributed by atoms with Crippen LogP contribution in [-0.4, -0.2) is 15.8 Å². The van der Waals surface area contributed by atoms with E-state index in [0.717, 1.165) is 6.07 Å². The molecule has 0 unspecified atom stereocenters.